The van der Waals surface area contributed by atoms with Crippen LogP contribution in [0.5, 0.6) is 0 Å². The van der Waals surface area contributed by atoms with E-state index in [0.29, 0.717) is 33.2 Å². The first-order valence-electron chi connectivity index (χ1n) is 8.38. The topological polar surface area (TPSA) is 59.3 Å². The van der Waals surface area contributed by atoms with Crippen LogP contribution >= 0.6 is 0 Å². The SMILES string of the molecule is Cc1ccc2c(=O)c3ccc(NC(=O)c4ccccc4)cc3oc2c1C. The van der Waals surface area contributed by atoms with Gasteiger partial charge in [0.05, 0.1) is 10.8 Å². The van der Waals surface area contributed by atoms with Crippen LogP contribution in [0.1, 0.15) is 21.5 Å². The Balaban J connectivity index is 1.82. The molecule has 4 heteroatoms. The van der Waals surface area contributed by atoms with Gasteiger partial charge < -0.3 is 9.73 Å². The van der Waals surface area contributed by atoms with Gasteiger partial charge in [0.1, 0.15) is 11.2 Å². The number of benzene rings is 3. The standard InChI is InChI=1S/C22H17NO3/c1-13-8-10-18-20(24)17-11-9-16(12-19(17)26-21(18)14(13)2)23-22(25)15-6-4-3-5-7-15/h3-12H,1-2H3,(H,23,25). The van der Waals surface area contributed by atoms with Gasteiger partial charge in [-0.25, -0.2) is 0 Å². The van der Waals surface area contributed by atoms with E-state index in [9.17, 15) is 9.59 Å². The van der Waals surface area contributed by atoms with Gasteiger partial charge in [-0.15, -0.1) is 0 Å². The molecule has 0 bridgehead atoms. The molecule has 1 amide bonds. The van der Waals surface area contributed by atoms with Gasteiger partial charge in [-0.1, -0.05) is 24.3 Å². The van der Waals surface area contributed by atoms with Crippen molar-refractivity contribution in [1.29, 1.82) is 0 Å². The lowest BCUT2D eigenvalue weighted by Gasteiger charge is -2.09. The summed E-state index contributed by atoms with van der Waals surface area (Å²) in [5.74, 6) is -0.208. The molecule has 1 aromatic heterocycles. The maximum absolute atomic E-state index is 12.8. The number of aryl methyl sites for hydroxylation is 2. The van der Waals surface area contributed by atoms with Crippen molar-refractivity contribution >= 4 is 33.5 Å². The Kier molecular flexibility index (Phi) is 3.81. The molecule has 128 valence electrons. The highest BCUT2D eigenvalue weighted by Crippen LogP contribution is 2.25. The van der Waals surface area contributed by atoms with Crippen molar-refractivity contribution in [3.05, 3.63) is 87.6 Å². The van der Waals surface area contributed by atoms with Crippen molar-refractivity contribution in [1.82, 2.24) is 0 Å². The fraction of sp³-hybridized carbons (Fsp3) is 0.0909. The van der Waals surface area contributed by atoms with Gasteiger partial charge in [-0.2, -0.15) is 0 Å². The van der Waals surface area contributed by atoms with Crippen molar-refractivity contribution in [2.24, 2.45) is 0 Å². The van der Waals surface area contributed by atoms with Crippen LogP contribution in [-0.4, -0.2) is 5.91 Å². The largest absolute Gasteiger partial charge is 0.455 e. The molecule has 0 saturated carbocycles. The number of carbonyl (C=O) groups excluding carboxylic acids is 1. The Morgan fingerprint density at radius 1 is 0.923 bits per heavy atom. The van der Waals surface area contributed by atoms with Crippen LogP contribution in [-0.2, 0) is 0 Å². The Labute approximate surface area is 150 Å². The van der Waals surface area contributed by atoms with Gasteiger partial charge in [-0.3, -0.25) is 9.59 Å². The molecule has 1 N–H and O–H groups in total. The van der Waals surface area contributed by atoms with Crippen molar-refractivity contribution in [3.63, 3.8) is 0 Å². The van der Waals surface area contributed by atoms with Gasteiger partial charge in [0.2, 0.25) is 5.43 Å². The van der Waals surface area contributed by atoms with E-state index in [0.717, 1.165) is 11.1 Å². The smallest absolute Gasteiger partial charge is 0.255 e. The van der Waals surface area contributed by atoms with E-state index >= 15 is 0 Å². The molecule has 0 spiro atoms. The quantitative estimate of drug-likeness (QED) is 0.531. The lowest BCUT2D eigenvalue weighted by Crippen LogP contribution is -2.12. The van der Waals surface area contributed by atoms with Crippen LogP contribution in [0.25, 0.3) is 21.9 Å². The van der Waals surface area contributed by atoms with Crippen molar-refractivity contribution in [2.75, 3.05) is 5.32 Å². The second kappa shape index (κ2) is 6.15. The first-order chi connectivity index (χ1) is 12.5. The van der Waals surface area contributed by atoms with E-state index in [4.69, 9.17) is 4.42 Å². The second-order valence-electron chi connectivity index (χ2n) is 6.35. The zero-order valence-corrected chi connectivity index (χ0v) is 14.5. The highest BCUT2D eigenvalue weighted by molar-refractivity contribution is 6.05. The van der Waals surface area contributed by atoms with E-state index in [-0.39, 0.29) is 11.3 Å². The molecule has 0 fully saturated rings. The normalized spacial score (nSPS) is 11.0. The number of amides is 1. The van der Waals surface area contributed by atoms with Gasteiger partial charge >= 0.3 is 0 Å². The number of nitrogens with one attached hydrogen (secondary N) is 1. The van der Waals surface area contributed by atoms with Crippen molar-refractivity contribution < 1.29 is 9.21 Å². The Morgan fingerprint density at radius 2 is 1.65 bits per heavy atom. The van der Waals surface area contributed by atoms with E-state index in [1.165, 1.54) is 0 Å². The first-order valence-corrected chi connectivity index (χ1v) is 8.38. The summed E-state index contributed by atoms with van der Waals surface area (Å²) in [5, 5.41) is 3.91. The minimum atomic E-state index is -0.208. The molecule has 0 aliphatic rings. The lowest BCUT2D eigenvalue weighted by atomic mass is 10.0. The maximum Gasteiger partial charge on any atom is 0.255 e. The average Bonchev–Trinajstić information content (AvgIpc) is 2.66. The van der Waals surface area contributed by atoms with Crippen molar-refractivity contribution in [2.45, 2.75) is 13.8 Å². The molecule has 0 saturated heterocycles. The fourth-order valence-electron chi connectivity index (χ4n) is 3.02. The first kappa shape index (κ1) is 16.1. The van der Waals surface area contributed by atoms with Crippen LogP contribution in [0.4, 0.5) is 5.69 Å². The minimum absolute atomic E-state index is 0.0646. The molecule has 0 unspecified atom stereocenters. The summed E-state index contributed by atoms with van der Waals surface area (Å²) >= 11 is 0. The fourth-order valence-corrected chi connectivity index (χ4v) is 3.02. The van der Waals surface area contributed by atoms with Crippen LogP contribution in [0.2, 0.25) is 0 Å². The Hall–Kier alpha value is -3.40. The molecular formula is C22H17NO3. The molecule has 0 radical (unpaired) electrons. The summed E-state index contributed by atoms with van der Waals surface area (Å²) < 4.78 is 6.02. The number of hydrogen-bond donors (Lipinski definition) is 1. The van der Waals surface area contributed by atoms with Crippen molar-refractivity contribution in [3.8, 4) is 0 Å². The molecule has 3 aromatic carbocycles. The molecule has 0 atom stereocenters. The van der Waals surface area contributed by atoms with Crippen LogP contribution in [0, 0.1) is 13.8 Å². The second-order valence-corrected chi connectivity index (χ2v) is 6.35. The summed E-state index contributed by atoms with van der Waals surface area (Å²) in [7, 11) is 0. The van der Waals surface area contributed by atoms with Gasteiger partial charge in [0.15, 0.2) is 0 Å². The Bertz CT molecular complexity index is 1210. The number of carbonyl (C=O) groups is 1. The predicted molar refractivity (Wildman–Crippen MR) is 104 cm³/mol. The number of rotatable bonds is 2. The molecule has 4 aromatic rings. The monoisotopic (exact) mass is 343 g/mol. The Morgan fingerprint density at radius 3 is 2.42 bits per heavy atom. The van der Waals surface area contributed by atoms with Gasteiger partial charge in [0.25, 0.3) is 5.91 Å². The summed E-state index contributed by atoms with van der Waals surface area (Å²) in [4.78, 5) is 25.1. The molecule has 0 aliphatic heterocycles. The minimum Gasteiger partial charge on any atom is -0.455 e. The molecule has 0 aliphatic carbocycles. The molecular weight excluding hydrogens is 326 g/mol. The molecule has 26 heavy (non-hydrogen) atoms. The lowest BCUT2D eigenvalue weighted by molar-refractivity contribution is 0.102. The highest BCUT2D eigenvalue weighted by Gasteiger charge is 2.12. The number of anilines is 1. The van der Waals surface area contributed by atoms with E-state index in [1.807, 2.05) is 38.1 Å². The average molecular weight is 343 g/mol. The predicted octanol–water partition coefficient (Wildman–Crippen LogP) is 4.82. The van der Waals surface area contributed by atoms with Crippen LogP contribution < -0.4 is 10.7 Å². The van der Waals surface area contributed by atoms with Gasteiger partial charge in [-0.05, 0) is 55.3 Å². The van der Waals surface area contributed by atoms with Gasteiger partial charge in [0, 0.05) is 17.3 Å². The number of fused-ring (bicyclic) bond motifs is 2. The highest BCUT2D eigenvalue weighted by atomic mass is 16.3. The molecule has 4 nitrogen and oxygen atoms in total. The summed E-state index contributed by atoms with van der Waals surface area (Å²) in [6.07, 6.45) is 0. The van der Waals surface area contributed by atoms with E-state index in [2.05, 4.69) is 5.32 Å². The third kappa shape index (κ3) is 2.65. The van der Waals surface area contributed by atoms with Crippen LogP contribution in [0.3, 0.4) is 0 Å². The summed E-state index contributed by atoms with van der Waals surface area (Å²) in [6, 6.07) is 17.8. The third-order valence-electron chi connectivity index (χ3n) is 4.65. The third-order valence-corrected chi connectivity index (χ3v) is 4.65. The molecule has 4 rings (SSSR count). The summed E-state index contributed by atoms with van der Waals surface area (Å²) in [6.45, 7) is 3.92. The van der Waals surface area contributed by atoms with E-state index < -0.39 is 0 Å². The van der Waals surface area contributed by atoms with Crippen LogP contribution in [0.15, 0.2) is 69.9 Å². The zero-order valence-electron chi connectivity index (χ0n) is 14.5. The zero-order chi connectivity index (χ0) is 18.3. The summed E-state index contributed by atoms with van der Waals surface area (Å²) in [5.41, 5.74) is 4.15. The molecule has 1 heterocycles. The number of hydrogen-bond acceptors (Lipinski definition) is 3. The van der Waals surface area contributed by atoms with E-state index in [1.54, 1.807) is 36.4 Å². The maximum atomic E-state index is 12.8.